The number of rotatable bonds is 4. The van der Waals surface area contributed by atoms with Crippen molar-refractivity contribution in [1.29, 1.82) is 0 Å². The van der Waals surface area contributed by atoms with Gasteiger partial charge in [0.25, 0.3) is 0 Å². The fourth-order valence-electron chi connectivity index (χ4n) is 3.62. The van der Waals surface area contributed by atoms with Crippen molar-refractivity contribution in [3.8, 4) is 0 Å². The molecule has 1 aromatic rings. The van der Waals surface area contributed by atoms with Crippen molar-refractivity contribution in [2.24, 2.45) is 5.92 Å². The van der Waals surface area contributed by atoms with E-state index in [2.05, 4.69) is 4.90 Å². The van der Waals surface area contributed by atoms with Crippen molar-refractivity contribution in [3.05, 3.63) is 34.9 Å². The quantitative estimate of drug-likeness (QED) is 0.847. The van der Waals surface area contributed by atoms with Crippen molar-refractivity contribution >= 4 is 21.4 Å². The highest BCUT2D eigenvalue weighted by Gasteiger charge is 2.61. The van der Waals surface area contributed by atoms with E-state index in [0.717, 1.165) is 18.5 Å². The minimum Gasteiger partial charge on any atom is -0.384 e. The SMILES string of the molecule is COCC1CCS(=O)(=O)C12CN(Cc1cccc(Cl)c1)C2. The molecule has 2 heterocycles. The first-order valence-corrected chi connectivity index (χ1v) is 9.18. The van der Waals surface area contributed by atoms with Gasteiger partial charge in [0.1, 0.15) is 4.75 Å². The lowest BCUT2D eigenvalue weighted by Gasteiger charge is -2.50. The smallest absolute Gasteiger partial charge is 0.158 e. The van der Waals surface area contributed by atoms with Crippen LogP contribution in [0.1, 0.15) is 12.0 Å². The molecule has 4 nitrogen and oxygen atoms in total. The van der Waals surface area contributed by atoms with Crippen LogP contribution >= 0.6 is 11.6 Å². The van der Waals surface area contributed by atoms with E-state index in [1.165, 1.54) is 0 Å². The largest absolute Gasteiger partial charge is 0.384 e. The number of benzene rings is 1. The maximum absolute atomic E-state index is 12.4. The third kappa shape index (κ3) is 2.61. The summed E-state index contributed by atoms with van der Waals surface area (Å²) in [7, 11) is -1.36. The van der Waals surface area contributed by atoms with Crippen LogP contribution in [0.4, 0.5) is 0 Å². The second-order valence-electron chi connectivity index (χ2n) is 6.10. The van der Waals surface area contributed by atoms with E-state index in [0.29, 0.717) is 30.5 Å². The van der Waals surface area contributed by atoms with E-state index in [1.54, 1.807) is 7.11 Å². The number of sulfone groups is 1. The first kappa shape index (κ1) is 15.3. The molecule has 0 aliphatic carbocycles. The third-order valence-electron chi connectivity index (χ3n) is 4.74. The lowest BCUT2D eigenvalue weighted by molar-refractivity contribution is 0.0412. The molecule has 3 rings (SSSR count). The number of ether oxygens (including phenoxy) is 1. The predicted molar refractivity (Wildman–Crippen MR) is 83.2 cm³/mol. The summed E-state index contributed by atoms with van der Waals surface area (Å²) >= 11 is 5.99. The van der Waals surface area contributed by atoms with E-state index < -0.39 is 14.6 Å². The molecule has 0 radical (unpaired) electrons. The molecule has 0 saturated carbocycles. The molecule has 0 aromatic heterocycles. The van der Waals surface area contributed by atoms with Gasteiger partial charge in [0.05, 0.1) is 12.4 Å². The number of methoxy groups -OCH3 is 1. The number of hydrogen-bond donors (Lipinski definition) is 0. The van der Waals surface area contributed by atoms with Crippen LogP contribution in [0.25, 0.3) is 0 Å². The van der Waals surface area contributed by atoms with E-state index in [9.17, 15) is 8.42 Å². The minimum atomic E-state index is -3.00. The van der Waals surface area contributed by atoms with Crippen LogP contribution in [-0.2, 0) is 21.1 Å². The molecule has 2 aliphatic heterocycles. The van der Waals surface area contributed by atoms with Gasteiger partial charge in [0.2, 0.25) is 0 Å². The van der Waals surface area contributed by atoms with Gasteiger partial charge in [0.15, 0.2) is 9.84 Å². The molecule has 1 unspecified atom stereocenters. The molecular formula is C15H20ClNO3S. The molecule has 2 saturated heterocycles. The van der Waals surface area contributed by atoms with Crippen LogP contribution < -0.4 is 0 Å². The van der Waals surface area contributed by atoms with Crippen molar-refractivity contribution in [3.63, 3.8) is 0 Å². The fraction of sp³-hybridized carbons (Fsp3) is 0.600. The molecule has 1 aromatic carbocycles. The minimum absolute atomic E-state index is 0.128. The Morgan fingerprint density at radius 2 is 2.19 bits per heavy atom. The van der Waals surface area contributed by atoms with E-state index in [4.69, 9.17) is 16.3 Å². The topological polar surface area (TPSA) is 46.6 Å². The zero-order valence-corrected chi connectivity index (χ0v) is 13.7. The highest BCUT2D eigenvalue weighted by atomic mass is 35.5. The summed E-state index contributed by atoms with van der Waals surface area (Å²) in [6, 6.07) is 7.72. The van der Waals surface area contributed by atoms with Crippen molar-refractivity contribution in [1.82, 2.24) is 4.90 Å². The zero-order valence-electron chi connectivity index (χ0n) is 12.1. The maximum atomic E-state index is 12.4. The number of likely N-dealkylation sites (tertiary alicyclic amines) is 1. The van der Waals surface area contributed by atoms with Gasteiger partial charge < -0.3 is 4.74 Å². The Labute approximate surface area is 131 Å². The summed E-state index contributed by atoms with van der Waals surface area (Å²) in [5.41, 5.74) is 1.12. The molecular weight excluding hydrogens is 310 g/mol. The lowest BCUT2D eigenvalue weighted by Crippen LogP contribution is -2.67. The standard InChI is InChI=1S/C15H20ClNO3S/c1-20-9-13-5-6-21(18,19)15(13)10-17(11-15)8-12-3-2-4-14(16)7-12/h2-4,7,13H,5-6,8-11H2,1H3. The van der Waals surface area contributed by atoms with Crippen LogP contribution in [0.15, 0.2) is 24.3 Å². The molecule has 0 bridgehead atoms. The van der Waals surface area contributed by atoms with E-state index in [-0.39, 0.29) is 5.92 Å². The Morgan fingerprint density at radius 1 is 1.43 bits per heavy atom. The predicted octanol–water partition coefficient (Wildman–Crippen LogP) is 1.98. The van der Waals surface area contributed by atoms with Crippen molar-refractivity contribution in [2.75, 3.05) is 32.6 Å². The molecule has 116 valence electrons. The summed E-state index contributed by atoms with van der Waals surface area (Å²) in [5.74, 6) is 0.426. The van der Waals surface area contributed by atoms with Crippen LogP contribution in [0, 0.1) is 5.92 Å². The summed E-state index contributed by atoms with van der Waals surface area (Å²) < 4.78 is 29.4. The van der Waals surface area contributed by atoms with Gasteiger partial charge in [-0.3, -0.25) is 4.90 Å². The van der Waals surface area contributed by atoms with E-state index in [1.807, 2.05) is 24.3 Å². The van der Waals surface area contributed by atoms with Crippen molar-refractivity contribution in [2.45, 2.75) is 17.7 Å². The summed E-state index contributed by atoms with van der Waals surface area (Å²) in [5, 5.41) is 0.716. The summed E-state index contributed by atoms with van der Waals surface area (Å²) in [6.45, 7) is 2.49. The van der Waals surface area contributed by atoms with E-state index >= 15 is 0 Å². The Balaban J connectivity index is 1.70. The summed E-state index contributed by atoms with van der Waals surface area (Å²) in [4.78, 5) is 2.18. The first-order chi connectivity index (χ1) is 9.97. The molecule has 2 fully saturated rings. The first-order valence-electron chi connectivity index (χ1n) is 7.15. The third-order valence-corrected chi connectivity index (χ3v) is 7.58. The lowest BCUT2D eigenvalue weighted by atomic mass is 9.83. The number of nitrogens with zero attached hydrogens (tertiary/aromatic N) is 1. The fourth-order valence-corrected chi connectivity index (χ4v) is 6.29. The number of halogens is 1. The average Bonchev–Trinajstić information content (AvgIpc) is 2.63. The maximum Gasteiger partial charge on any atom is 0.158 e. The Hall–Kier alpha value is -0.620. The molecule has 1 spiro atoms. The second kappa shape index (κ2) is 5.54. The molecule has 0 amide bonds. The van der Waals surface area contributed by atoms with Gasteiger partial charge in [-0.25, -0.2) is 8.42 Å². The van der Waals surface area contributed by atoms with Gasteiger partial charge in [-0.15, -0.1) is 0 Å². The van der Waals surface area contributed by atoms with Crippen molar-refractivity contribution < 1.29 is 13.2 Å². The van der Waals surface area contributed by atoms with Crippen LogP contribution in [-0.4, -0.2) is 50.6 Å². The normalized spacial score (nSPS) is 26.9. The van der Waals surface area contributed by atoms with Crippen LogP contribution in [0.3, 0.4) is 0 Å². The number of hydrogen-bond acceptors (Lipinski definition) is 4. The second-order valence-corrected chi connectivity index (χ2v) is 8.99. The molecule has 21 heavy (non-hydrogen) atoms. The van der Waals surface area contributed by atoms with Crippen LogP contribution in [0.5, 0.6) is 0 Å². The molecule has 0 N–H and O–H groups in total. The Kier molecular flexibility index (Phi) is 4.03. The van der Waals surface area contributed by atoms with Crippen LogP contribution in [0.2, 0.25) is 5.02 Å². The average molecular weight is 330 g/mol. The molecule has 1 atom stereocenters. The summed E-state index contributed by atoms with van der Waals surface area (Å²) in [6.07, 6.45) is 0.723. The van der Waals surface area contributed by atoms with Gasteiger partial charge in [-0.05, 0) is 24.1 Å². The van der Waals surface area contributed by atoms with Gasteiger partial charge in [-0.1, -0.05) is 23.7 Å². The Morgan fingerprint density at radius 3 is 2.86 bits per heavy atom. The van der Waals surface area contributed by atoms with Gasteiger partial charge >= 0.3 is 0 Å². The molecule has 6 heteroatoms. The Bertz CT molecular complexity index is 626. The zero-order chi connectivity index (χ0) is 15.1. The highest BCUT2D eigenvalue weighted by Crippen LogP contribution is 2.45. The highest BCUT2D eigenvalue weighted by molar-refractivity contribution is 7.93. The van der Waals surface area contributed by atoms with Gasteiger partial charge in [-0.2, -0.15) is 0 Å². The monoisotopic (exact) mass is 329 g/mol. The molecule has 2 aliphatic rings. The van der Waals surface area contributed by atoms with Gasteiger partial charge in [0, 0.05) is 37.7 Å².